The minimum Gasteiger partial charge on any atom is -0.465 e. The molecule has 1 aromatic rings. The Bertz CT molecular complexity index is 579. The molecule has 21 heavy (non-hydrogen) atoms. The lowest BCUT2D eigenvalue weighted by Gasteiger charge is -2.14. The third-order valence-corrected chi connectivity index (χ3v) is 2.04. The van der Waals surface area contributed by atoms with E-state index in [9.17, 15) is 26.7 Å². The van der Waals surface area contributed by atoms with Gasteiger partial charge in [0, 0.05) is 6.07 Å². The highest BCUT2D eigenvalue weighted by Crippen LogP contribution is 2.33. The number of nitrogens with zero attached hydrogens (tertiary/aromatic N) is 1. The van der Waals surface area contributed by atoms with Gasteiger partial charge in [0.05, 0.1) is 12.7 Å². The van der Waals surface area contributed by atoms with Crippen LogP contribution in [0.4, 0.5) is 22.0 Å². The average molecular weight is 311 g/mol. The highest BCUT2D eigenvalue weighted by atomic mass is 19.4. The molecule has 0 amide bonds. The molecule has 0 atom stereocenters. The van der Waals surface area contributed by atoms with Crippen LogP contribution in [-0.2, 0) is 4.74 Å². The highest BCUT2D eigenvalue weighted by Gasteiger charge is 2.32. The molecule has 0 bridgehead atoms. The van der Waals surface area contributed by atoms with Crippen molar-refractivity contribution in [2.75, 3.05) is 7.11 Å². The number of hydrogen-bond donors (Lipinski definition) is 0. The Morgan fingerprint density at radius 3 is 2.38 bits per heavy atom. The summed E-state index contributed by atoms with van der Waals surface area (Å²) in [5.74, 6) is -3.15. The molecular weight excluding hydrogens is 305 g/mol. The number of carbonyl (C=O) groups excluding carboxylic acids is 1. The first-order chi connectivity index (χ1) is 9.67. The lowest BCUT2D eigenvalue weighted by Crippen LogP contribution is -2.18. The van der Waals surface area contributed by atoms with Gasteiger partial charge in [-0.1, -0.05) is 0 Å². The van der Waals surface area contributed by atoms with Crippen molar-refractivity contribution in [1.29, 1.82) is 5.26 Å². The zero-order valence-electron chi connectivity index (χ0n) is 10.2. The van der Waals surface area contributed by atoms with Crippen LogP contribution in [0.15, 0.2) is 12.1 Å². The number of carbonyl (C=O) groups is 1. The SMILES string of the molecule is COC(=O)c1cc(OC(F)(F)F)cc(OC(F)F)c1C#N. The zero-order valence-corrected chi connectivity index (χ0v) is 10.2. The maximum atomic E-state index is 12.2. The van der Waals surface area contributed by atoms with E-state index in [-0.39, 0.29) is 0 Å². The lowest BCUT2D eigenvalue weighted by molar-refractivity contribution is -0.274. The summed E-state index contributed by atoms with van der Waals surface area (Å²) >= 11 is 0. The molecule has 0 fully saturated rings. The van der Waals surface area contributed by atoms with Crippen LogP contribution in [0.25, 0.3) is 0 Å². The Balaban J connectivity index is 3.43. The van der Waals surface area contributed by atoms with Crippen molar-refractivity contribution in [3.05, 3.63) is 23.3 Å². The van der Waals surface area contributed by atoms with Gasteiger partial charge in [-0.25, -0.2) is 4.79 Å². The van der Waals surface area contributed by atoms with Crippen molar-refractivity contribution >= 4 is 5.97 Å². The fourth-order valence-corrected chi connectivity index (χ4v) is 1.36. The first kappa shape index (κ1) is 16.5. The maximum absolute atomic E-state index is 12.2. The van der Waals surface area contributed by atoms with Crippen molar-refractivity contribution in [2.45, 2.75) is 13.0 Å². The van der Waals surface area contributed by atoms with Crippen molar-refractivity contribution in [3.8, 4) is 17.6 Å². The van der Waals surface area contributed by atoms with E-state index < -0.39 is 41.6 Å². The minimum atomic E-state index is -5.12. The average Bonchev–Trinajstić information content (AvgIpc) is 2.34. The van der Waals surface area contributed by atoms with E-state index in [1.54, 1.807) is 0 Å². The normalized spacial score (nSPS) is 11.0. The summed E-state index contributed by atoms with van der Waals surface area (Å²) in [7, 11) is 0.897. The molecule has 1 aromatic carbocycles. The molecule has 0 spiro atoms. The molecule has 0 aliphatic heterocycles. The summed E-state index contributed by atoms with van der Waals surface area (Å²) in [5, 5.41) is 8.83. The van der Waals surface area contributed by atoms with Crippen LogP contribution in [0, 0.1) is 11.3 Å². The Hall–Kier alpha value is -2.57. The molecule has 10 heteroatoms. The quantitative estimate of drug-likeness (QED) is 0.632. The van der Waals surface area contributed by atoms with Crippen LogP contribution in [0.5, 0.6) is 11.5 Å². The van der Waals surface area contributed by atoms with Gasteiger partial charge in [0.25, 0.3) is 0 Å². The van der Waals surface area contributed by atoms with Crippen molar-refractivity contribution in [1.82, 2.24) is 0 Å². The smallest absolute Gasteiger partial charge is 0.465 e. The van der Waals surface area contributed by atoms with Gasteiger partial charge >= 0.3 is 18.9 Å². The second kappa shape index (κ2) is 6.25. The standard InChI is InChI=1S/C11H6F5NO4/c1-19-9(18)6-2-5(21-11(14,15)16)3-8(7(6)4-17)20-10(12)13/h2-3,10H,1H3. The Labute approximate surface area is 114 Å². The predicted molar refractivity (Wildman–Crippen MR) is 55.8 cm³/mol. The molecule has 0 aliphatic carbocycles. The summed E-state index contributed by atoms with van der Waals surface area (Å²) in [4.78, 5) is 11.4. The second-order valence-corrected chi connectivity index (χ2v) is 3.37. The number of hydrogen-bond acceptors (Lipinski definition) is 5. The third kappa shape index (κ3) is 4.48. The monoisotopic (exact) mass is 311 g/mol. The van der Waals surface area contributed by atoms with Gasteiger partial charge in [-0.2, -0.15) is 14.0 Å². The van der Waals surface area contributed by atoms with E-state index in [4.69, 9.17) is 5.26 Å². The molecule has 0 heterocycles. The Kier molecular flexibility index (Phi) is 4.91. The summed E-state index contributed by atoms with van der Waals surface area (Å²) < 4.78 is 72.5. The van der Waals surface area contributed by atoms with Crippen molar-refractivity contribution in [2.24, 2.45) is 0 Å². The predicted octanol–water partition coefficient (Wildman–Crippen LogP) is 2.84. The fourth-order valence-electron chi connectivity index (χ4n) is 1.36. The van der Waals surface area contributed by atoms with Gasteiger partial charge < -0.3 is 14.2 Å². The maximum Gasteiger partial charge on any atom is 0.573 e. The molecule has 0 radical (unpaired) electrons. The van der Waals surface area contributed by atoms with Crippen LogP contribution < -0.4 is 9.47 Å². The lowest BCUT2D eigenvalue weighted by atomic mass is 10.1. The Morgan fingerprint density at radius 2 is 1.95 bits per heavy atom. The molecule has 0 saturated carbocycles. The number of halogens is 5. The van der Waals surface area contributed by atoms with E-state index in [2.05, 4.69) is 14.2 Å². The molecule has 0 unspecified atom stereocenters. The molecule has 0 aliphatic rings. The Morgan fingerprint density at radius 1 is 1.33 bits per heavy atom. The van der Waals surface area contributed by atoms with Gasteiger partial charge in [0.1, 0.15) is 23.1 Å². The van der Waals surface area contributed by atoms with E-state index in [0.717, 1.165) is 7.11 Å². The number of rotatable bonds is 4. The van der Waals surface area contributed by atoms with Gasteiger partial charge in [0.15, 0.2) is 0 Å². The van der Waals surface area contributed by atoms with Crippen LogP contribution >= 0.6 is 0 Å². The summed E-state index contributed by atoms with van der Waals surface area (Å²) in [5.41, 5.74) is -1.39. The van der Waals surface area contributed by atoms with E-state index in [0.29, 0.717) is 12.1 Å². The van der Waals surface area contributed by atoms with Crippen LogP contribution in [0.1, 0.15) is 15.9 Å². The largest absolute Gasteiger partial charge is 0.573 e. The van der Waals surface area contributed by atoms with E-state index in [1.165, 1.54) is 6.07 Å². The van der Waals surface area contributed by atoms with Crippen molar-refractivity contribution < 1.29 is 41.0 Å². The molecule has 0 saturated heterocycles. The molecular formula is C11H6F5NO4. The first-order valence-electron chi connectivity index (χ1n) is 5.05. The summed E-state index contributed by atoms with van der Waals surface area (Å²) in [6.07, 6.45) is -5.12. The zero-order chi connectivity index (χ0) is 16.2. The molecule has 0 N–H and O–H groups in total. The number of methoxy groups -OCH3 is 1. The third-order valence-electron chi connectivity index (χ3n) is 2.04. The van der Waals surface area contributed by atoms with E-state index in [1.807, 2.05) is 0 Å². The number of alkyl halides is 5. The van der Waals surface area contributed by atoms with E-state index >= 15 is 0 Å². The summed E-state index contributed by atoms with van der Waals surface area (Å²) in [6, 6.07) is 2.34. The molecule has 114 valence electrons. The van der Waals surface area contributed by atoms with Crippen LogP contribution in [0.3, 0.4) is 0 Å². The molecule has 5 nitrogen and oxygen atoms in total. The molecule has 0 aromatic heterocycles. The van der Waals surface area contributed by atoms with Crippen LogP contribution in [0.2, 0.25) is 0 Å². The van der Waals surface area contributed by atoms with Crippen molar-refractivity contribution in [3.63, 3.8) is 0 Å². The topological polar surface area (TPSA) is 68.6 Å². The molecule has 1 rings (SSSR count). The number of benzene rings is 1. The summed E-state index contributed by atoms with van der Waals surface area (Å²) in [6.45, 7) is -3.41. The van der Waals surface area contributed by atoms with Gasteiger partial charge in [-0.3, -0.25) is 0 Å². The van der Waals surface area contributed by atoms with Gasteiger partial charge in [0.2, 0.25) is 0 Å². The van der Waals surface area contributed by atoms with Gasteiger partial charge in [-0.15, -0.1) is 13.2 Å². The van der Waals surface area contributed by atoms with Crippen LogP contribution in [-0.4, -0.2) is 26.1 Å². The number of nitriles is 1. The minimum absolute atomic E-state index is 0.421. The highest BCUT2D eigenvalue weighted by molar-refractivity contribution is 5.93. The van der Waals surface area contributed by atoms with Gasteiger partial charge in [-0.05, 0) is 6.07 Å². The first-order valence-corrected chi connectivity index (χ1v) is 5.05. The fraction of sp³-hybridized carbons (Fsp3) is 0.273. The number of esters is 1. The number of ether oxygens (including phenoxy) is 3. The second-order valence-electron chi connectivity index (χ2n) is 3.37.